The van der Waals surface area contributed by atoms with Gasteiger partial charge in [-0.3, -0.25) is 4.79 Å². The smallest absolute Gasteiger partial charge is 0.271 e. The first-order chi connectivity index (χ1) is 11.6. The van der Waals surface area contributed by atoms with Gasteiger partial charge in [-0.15, -0.1) is 0 Å². The molecule has 0 fully saturated rings. The van der Waals surface area contributed by atoms with E-state index in [9.17, 15) is 15.0 Å². The summed E-state index contributed by atoms with van der Waals surface area (Å²) in [6, 6.07) is 17.1. The molecule has 0 bridgehead atoms. The summed E-state index contributed by atoms with van der Waals surface area (Å²) in [5.74, 6) is -0.304. The van der Waals surface area contributed by atoms with Crippen LogP contribution >= 0.6 is 0 Å². The van der Waals surface area contributed by atoms with E-state index in [1.165, 1.54) is 12.1 Å². The van der Waals surface area contributed by atoms with Gasteiger partial charge in [0.2, 0.25) is 0 Å². The van der Waals surface area contributed by atoms with Gasteiger partial charge in [-0.1, -0.05) is 36.4 Å². The molecule has 120 valence electrons. The summed E-state index contributed by atoms with van der Waals surface area (Å²) in [6.45, 7) is 1.70. The zero-order valence-electron chi connectivity index (χ0n) is 13.0. The van der Waals surface area contributed by atoms with Crippen LogP contribution < -0.4 is 5.43 Å². The van der Waals surface area contributed by atoms with Crippen molar-refractivity contribution >= 4 is 22.4 Å². The molecule has 0 spiro atoms. The first-order valence-electron chi connectivity index (χ1n) is 7.41. The van der Waals surface area contributed by atoms with Gasteiger partial charge in [-0.05, 0) is 36.6 Å². The van der Waals surface area contributed by atoms with Crippen LogP contribution in [0.4, 0.5) is 0 Å². The highest BCUT2D eigenvalue weighted by Gasteiger charge is 2.10. The van der Waals surface area contributed by atoms with Crippen molar-refractivity contribution in [3.63, 3.8) is 0 Å². The molecule has 5 nitrogen and oxygen atoms in total. The van der Waals surface area contributed by atoms with Gasteiger partial charge >= 0.3 is 0 Å². The quantitative estimate of drug-likeness (QED) is 0.511. The number of fused-ring (bicyclic) bond motifs is 1. The largest absolute Gasteiger partial charge is 0.508 e. The van der Waals surface area contributed by atoms with Crippen molar-refractivity contribution in [1.82, 2.24) is 5.43 Å². The van der Waals surface area contributed by atoms with Crippen molar-refractivity contribution in [2.24, 2.45) is 5.10 Å². The summed E-state index contributed by atoms with van der Waals surface area (Å²) in [5.41, 5.74) is 3.75. The predicted molar refractivity (Wildman–Crippen MR) is 93.4 cm³/mol. The Morgan fingerprint density at radius 2 is 1.79 bits per heavy atom. The summed E-state index contributed by atoms with van der Waals surface area (Å²) in [7, 11) is 0. The van der Waals surface area contributed by atoms with E-state index < -0.39 is 5.91 Å². The van der Waals surface area contributed by atoms with Crippen LogP contribution in [0.3, 0.4) is 0 Å². The van der Waals surface area contributed by atoms with E-state index in [-0.39, 0.29) is 11.5 Å². The Balaban J connectivity index is 1.86. The zero-order chi connectivity index (χ0) is 17.1. The third-order valence-electron chi connectivity index (χ3n) is 3.72. The maximum Gasteiger partial charge on any atom is 0.271 e. The second kappa shape index (κ2) is 6.42. The van der Waals surface area contributed by atoms with Crippen LogP contribution in [-0.2, 0) is 0 Å². The average molecular weight is 320 g/mol. The molecule has 0 atom stereocenters. The summed E-state index contributed by atoms with van der Waals surface area (Å²) in [4.78, 5) is 12.0. The van der Waals surface area contributed by atoms with Crippen molar-refractivity contribution in [2.45, 2.75) is 6.92 Å². The third-order valence-corrected chi connectivity index (χ3v) is 3.72. The minimum atomic E-state index is -0.439. The lowest BCUT2D eigenvalue weighted by Gasteiger charge is -2.08. The summed E-state index contributed by atoms with van der Waals surface area (Å²) >= 11 is 0. The Labute approximate surface area is 138 Å². The van der Waals surface area contributed by atoms with E-state index in [2.05, 4.69) is 10.5 Å². The van der Waals surface area contributed by atoms with E-state index in [1.54, 1.807) is 25.1 Å². The van der Waals surface area contributed by atoms with Crippen molar-refractivity contribution in [3.8, 4) is 11.5 Å². The Morgan fingerprint density at radius 3 is 2.58 bits per heavy atom. The van der Waals surface area contributed by atoms with Gasteiger partial charge in [0.15, 0.2) is 0 Å². The number of aromatic hydroxyl groups is 2. The number of rotatable bonds is 3. The summed E-state index contributed by atoms with van der Waals surface area (Å²) < 4.78 is 0. The molecule has 0 aromatic heterocycles. The van der Waals surface area contributed by atoms with Crippen molar-refractivity contribution in [2.75, 3.05) is 0 Å². The van der Waals surface area contributed by atoms with E-state index in [0.29, 0.717) is 16.8 Å². The molecule has 0 saturated carbocycles. The number of hydrogen-bond donors (Lipinski definition) is 3. The number of carbonyl (C=O) groups is 1. The van der Waals surface area contributed by atoms with Crippen molar-refractivity contribution < 1.29 is 15.0 Å². The van der Waals surface area contributed by atoms with Crippen LogP contribution in [0.2, 0.25) is 0 Å². The van der Waals surface area contributed by atoms with Crippen molar-refractivity contribution in [3.05, 3.63) is 71.8 Å². The number of amides is 1. The van der Waals surface area contributed by atoms with Crippen molar-refractivity contribution in [1.29, 1.82) is 0 Å². The molecule has 0 aliphatic heterocycles. The highest BCUT2D eigenvalue weighted by molar-refractivity contribution is 6.07. The number of hydrazone groups is 1. The van der Waals surface area contributed by atoms with Gasteiger partial charge in [0.1, 0.15) is 11.5 Å². The van der Waals surface area contributed by atoms with E-state index in [1.807, 2.05) is 30.3 Å². The monoisotopic (exact) mass is 320 g/mol. The second-order valence-electron chi connectivity index (χ2n) is 5.37. The minimum Gasteiger partial charge on any atom is -0.508 e. The Bertz CT molecular complexity index is 948. The number of phenols is 2. The zero-order valence-corrected chi connectivity index (χ0v) is 13.0. The molecular weight excluding hydrogens is 304 g/mol. The fourth-order valence-electron chi connectivity index (χ4n) is 2.45. The molecule has 0 aliphatic carbocycles. The maximum atomic E-state index is 12.0. The fourth-order valence-corrected chi connectivity index (χ4v) is 2.45. The SMILES string of the molecule is C/C(=N\NC(=O)c1cccc(O)c1)c1ccc2ccccc2c1O. The first-order valence-corrected chi connectivity index (χ1v) is 7.41. The number of nitrogens with zero attached hydrogens (tertiary/aromatic N) is 1. The molecule has 0 saturated heterocycles. The summed E-state index contributed by atoms with van der Waals surface area (Å²) in [5, 5.41) is 25.5. The molecule has 3 rings (SSSR count). The maximum absolute atomic E-state index is 12.0. The van der Waals surface area contributed by atoms with Crippen LogP contribution in [0.5, 0.6) is 11.5 Å². The van der Waals surface area contributed by atoms with Gasteiger partial charge in [-0.25, -0.2) is 5.43 Å². The highest BCUT2D eigenvalue weighted by Crippen LogP contribution is 2.28. The predicted octanol–water partition coefficient (Wildman–Crippen LogP) is 3.41. The third kappa shape index (κ3) is 3.05. The minimum absolute atomic E-state index is 0.00975. The number of benzene rings is 3. The average Bonchev–Trinajstić information content (AvgIpc) is 2.60. The molecule has 0 heterocycles. The lowest BCUT2D eigenvalue weighted by molar-refractivity contribution is 0.0954. The Morgan fingerprint density at radius 1 is 1.00 bits per heavy atom. The van der Waals surface area contributed by atoms with E-state index in [0.717, 1.165) is 10.8 Å². The molecule has 24 heavy (non-hydrogen) atoms. The first kappa shape index (κ1) is 15.6. The number of hydrogen-bond acceptors (Lipinski definition) is 4. The fraction of sp³-hybridized carbons (Fsp3) is 0.0526. The normalized spacial score (nSPS) is 11.5. The molecule has 0 aliphatic rings. The van der Waals surface area contributed by atoms with Gasteiger partial charge < -0.3 is 10.2 Å². The van der Waals surface area contributed by atoms with Gasteiger partial charge in [0.25, 0.3) is 5.91 Å². The number of phenolic OH excluding ortho intramolecular Hbond substituents is 2. The molecule has 3 aromatic rings. The number of nitrogens with one attached hydrogen (secondary N) is 1. The van der Waals surface area contributed by atoms with Gasteiger partial charge in [0.05, 0.1) is 5.71 Å². The molecule has 3 N–H and O–H groups in total. The van der Waals surface area contributed by atoms with Crippen LogP contribution in [0.1, 0.15) is 22.8 Å². The highest BCUT2D eigenvalue weighted by atomic mass is 16.3. The standard InChI is InChI=1S/C19H16N2O3/c1-12(20-21-19(24)14-6-4-7-15(22)11-14)16-10-9-13-5-2-3-8-17(13)18(16)23/h2-11,22-23H,1H3,(H,21,24)/b20-12+. The molecule has 0 unspecified atom stereocenters. The molecular formula is C19H16N2O3. The topological polar surface area (TPSA) is 81.9 Å². The molecule has 5 heteroatoms. The second-order valence-corrected chi connectivity index (χ2v) is 5.37. The van der Waals surface area contributed by atoms with E-state index >= 15 is 0 Å². The van der Waals surface area contributed by atoms with Crippen LogP contribution in [0, 0.1) is 0 Å². The lowest BCUT2D eigenvalue weighted by Crippen LogP contribution is -2.19. The van der Waals surface area contributed by atoms with Gasteiger partial charge in [0, 0.05) is 16.5 Å². The van der Waals surface area contributed by atoms with Crippen LogP contribution in [-0.4, -0.2) is 21.8 Å². The van der Waals surface area contributed by atoms with Gasteiger partial charge in [-0.2, -0.15) is 5.10 Å². The molecule has 3 aromatic carbocycles. The molecule has 1 amide bonds. The Kier molecular flexibility index (Phi) is 4.16. The molecule has 0 radical (unpaired) electrons. The van der Waals surface area contributed by atoms with E-state index in [4.69, 9.17) is 0 Å². The summed E-state index contributed by atoms with van der Waals surface area (Å²) in [6.07, 6.45) is 0. The Hall–Kier alpha value is -3.34. The number of carbonyl (C=O) groups excluding carboxylic acids is 1. The lowest BCUT2D eigenvalue weighted by atomic mass is 10.0. The van der Waals surface area contributed by atoms with Crippen LogP contribution in [0.15, 0.2) is 65.8 Å². The van der Waals surface area contributed by atoms with Crippen LogP contribution in [0.25, 0.3) is 10.8 Å².